The second kappa shape index (κ2) is 4.61. The molecule has 1 aliphatic carbocycles. The molecule has 0 unspecified atom stereocenters. The molecule has 1 heterocycles. The van der Waals surface area contributed by atoms with Gasteiger partial charge in [-0.25, -0.2) is 4.98 Å². The van der Waals surface area contributed by atoms with Gasteiger partial charge in [0, 0.05) is 0 Å². The first-order valence-corrected chi connectivity index (χ1v) is 6.05. The van der Waals surface area contributed by atoms with E-state index < -0.39 is 0 Å². The Morgan fingerprint density at radius 2 is 2.40 bits per heavy atom. The van der Waals surface area contributed by atoms with Crippen molar-refractivity contribution in [3.63, 3.8) is 0 Å². The molecule has 4 nitrogen and oxygen atoms in total. The first kappa shape index (κ1) is 11.1. The second-order valence-corrected chi connectivity index (χ2v) is 4.94. The van der Waals surface area contributed by atoms with Gasteiger partial charge in [0.1, 0.15) is 6.73 Å². The number of halogens is 1. The minimum Gasteiger partial charge on any atom is -0.360 e. The largest absolute Gasteiger partial charge is 0.360 e. The fourth-order valence-corrected chi connectivity index (χ4v) is 1.69. The van der Waals surface area contributed by atoms with E-state index in [0.717, 1.165) is 18.2 Å². The number of aryl methyl sites for hydroxylation is 1. The summed E-state index contributed by atoms with van der Waals surface area (Å²) in [4.78, 5) is 15.8. The Bertz CT molecular complexity index is 412. The summed E-state index contributed by atoms with van der Waals surface area (Å²) in [6.45, 7) is 2.91. The summed E-state index contributed by atoms with van der Waals surface area (Å²) < 4.78 is 7.62. The van der Waals surface area contributed by atoms with Crippen LogP contribution in [0.4, 0.5) is 0 Å². The molecule has 0 aliphatic heterocycles. The van der Waals surface area contributed by atoms with E-state index in [2.05, 4.69) is 4.98 Å². The maximum absolute atomic E-state index is 11.7. The first-order valence-electron chi connectivity index (χ1n) is 4.98. The molecule has 1 aromatic rings. The van der Waals surface area contributed by atoms with E-state index in [-0.39, 0.29) is 5.56 Å². The zero-order chi connectivity index (χ0) is 10.8. The van der Waals surface area contributed by atoms with Gasteiger partial charge in [0.05, 0.1) is 22.2 Å². The second-order valence-electron chi connectivity index (χ2n) is 3.86. The predicted molar refractivity (Wildman–Crippen MR) is 64.6 cm³/mol. The molecule has 1 saturated carbocycles. The van der Waals surface area contributed by atoms with Crippen LogP contribution in [-0.2, 0) is 11.5 Å². The Hall–Kier alpha value is -0.430. The van der Waals surface area contributed by atoms with Crippen molar-refractivity contribution in [2.75, 3.05) is 6.61 Å². The van der Waals surface area contributed by atoms with Crippen LogP contribution in [0, 0.1) is 16.4 Å². The van der Waals surface area contributed by atoms with Crippen molar-refractivity contribution in [2.24, 2.45) is 5.92 Å². The van der Waals surface area contributed by atoms with Crippen LogP contribution in [-0.4, -0.2) is 16.2 Å². The lowest BCUT2D eigenvalue weighted by Crippen LogP contribution is -2.25. The van der Waals surface area contributed by atoms with Crippen molar-refractivity contribution in [1.29, 1.82) is 0 Å². The zero-order valence-electron chi connectivity index (χ0n) is 8.57. The van der Waals surface area contributed by atoms with Crippen molar-refractivity contribution in [1.82, 2.24) is 9.55 Å². The number of hydrogen-bond donors (Lipinski definition) is 0. The van der Waals surface area contributed by atoms with Crippen LogP contribution in [0.25, 0.3) is 0 Å². The molecule has 0 spiro atoms. The number of hydrogen-bond acceptors (Lipinski definition) is 3. The minimum atomic E-state index is -0.0149. The molecule has 0 aromatic carbocycles. The van der Waals surface area contributed by atoms with Crippen LogP contribution in [0.3, 0.4) is 0 Å². The highest BCUT2D eigenvalue weighted by molar-refractivity contribution is 14.1. The molecule has 82 valence electrons. The number of rotatable bonds is 4. The molecule has 1 fully saturated rings. The molecule has 15 heavy (non-hydrogen) atoms. The van der Waals surface area contributed by atoms with Gasteiger partial charge in [0.2, 0.25) is 0 Å². The maximum Gasteiger partial charge on any atom is 0.268 e. The van der Waals surface area contributed by atoms with Crippen LogP contribution in [0.15, 0.2) is 11.1 Å². The molecular formula is C10H13IN2O2. The van der Waals surface area contributed by atoms with Crippen molar-refractivity contribution in [3.8, 4) is 0 Å². The van der Waals surface area contributed by atoms with Gasteiger partial charge in [-0.15, -0.1) is 0 Å². The van der Waals surface area contributed by atoms with Crippen molar-refractivity contribution in [3.05, 3.63) is 25.9 Å². The Kier molecular flexibility index (Phi) is 3.40. The summed E-state index contributed by atoms with van der Waals surface area (Å²) in [5.74, 6) is 0.721. The van der Waals surface area contributed by atoms with Gasteiger partial charge < -0.3 is 4.74 Å². The van der Waals surface area contributed by atoms with Gasteiger partial charge in [0.15, 0.2) is 0 Å². The quantitative estimate of drug-likeness (QED) is 0.791. The lowest BCUT2D eigenvalue weighted by molar-refractivity contribution is 0.0658. The van der Waals surface area contributed by atoms with Gasteiger partial charge in [0.25, 0.3) is 5.56 Å². The van der Waals surface area contributed by atoms with E-state index in [9.17, 15) is 4.79 Å². The third-order valence-corrected chi connectivity index (χ3v) is 3.68. The van der Waals surface area contributed by atoms with Gasteiger partial charge in [-0.05, 0) is 48.3 Å². The molecule has 0 radical (unpaired) electrons. The molecule has 5 heteroatoms. The van der Waals surface area contributed by atoms with E-state index >= 15 is 0 Å². The van der Waals surface area contributed by atoms with Crippen molar-refractivity contribution in [2.45, 2.75) is 26.5 Å². The third-order valence-electron chi connectivity index (χ3n) is 2.44. The highest BCUT2D eigenvalue weighted by Crippen LogP contribution is 2.28. The van der Waals surface area contributed by atoms with E-state index in [1.165, 1.54) is 17.4 Å². The molecule has 1 aromatic heterocycles. The van der Waals surface area contributed by atoms with Gasteiger partial charge in [-0.2, -0.15) is 0 Å². The normalized spacial score (nSPS) is 15.6. The number of nitrogens with zero attached hydrogens (tertiary/aromatic N) is 2. The SMILES string of the molecule is Cc1ncn(COCC2CC2)c(=O)c1I. The van der Waals surface area contributed by atoms with E-state index in [1.807, 2.05) is 29.5 Å². The fourth-order valence-electron chi connectivity index (χ4n) is 1.24. The van der Waals surface area contributed by atoms with Gasteiger partial charge in [-0.1, -0.05) is 0 Å². The molecule has 1 aliphatic rings. The Morgan fingerprint density at radius 1 is 1.67 bits per heavy atom. The highest BCUT2D eigenvalue weighted by atomic mass is 127. The third kappa shape index (κ3) is 2.78. The van der Waals surface area contributed by atoms with Crippen molar-refractivity contribution >= 4 is 22.6 Å². The predicted octanol–water partition coefficient (Wildman–Crippen LogP) is 1.54. The Morgan fingerprint density at radius 3 is 3.07 bits per heavy atom. The topological polar surface area (TPSA) is 44.1 Å². The average molecular weight is 320 g/mol. The van der Waals surface area contributed by atoms with Crippen LogP contribution in [0.1, 0.15) is 18.5 Å². The molecule has 0 N–H and O–H groups in total. The molecule has 0 atom stereocenters. The molecule has 0 saturated heterocycles. The highest BCUT2D eigenvalue weighted by Gasteiger charge is 2.21. The van der Waals surface area contributed by atoms with E-state index in [4.69, 9.17) is 4.74 Å². The molecular weight excluding hydrogens is 307 g/mol. The average Bonchev–Trinajstić information content (AvgIpc) is 3.02. The number of ether oxygens (including phenoxy) is 1. The zero-order valence-corrected chi connectivity index (χ0v) is 10.7. The number of aromatic nitrogens is 2. The van der Waals surface area contributed by atoms with Crippen LogP contribution < -0.4 is 5.56 Å². The standard InChI is InChI=1S/C10H13IN2O2/c1-7-9(11)10(14)13(5-12-7)6-15-4-8-2-3-8/h5,8H,2-4,6H2,1H3. The first-order chi connectivity index (χ1) is 7.18. The summed E-state index contributed by atoms with van der Waals surface area (Å²) in [5.41, 5.74) is 0.762. The Labute approximate surface area is 102 Å². The van der Waals surface area contributed by atoms with E-state index in [1.54, 1.807) is 6.33 Å². The minimum absolute atomic E-state index is 0.0149. The fraction of sp³-hybridized carbons (Fsp3) is 0.600. The lowest BCUT2D eigenvalue weighted by Gasteiger charge is -2.07. The maximum atomic E-state index is 11.7. The lowest BCUT2D eigenvalue weighted by atomic mass is 10.4. The summed E-state index contributed by atoms with van der Waals surface area (Å²) in [6, 6.07) is 0. The Balaban J connectivity index is 2.00. The van der Waals surface area contributed by atoms with Crippen LogP contribution in [0.5, 0.6) is 0 Å². The monoisotopic (exact) mass is 320 g/mol. The van der Waals surface area contributed by atoms with Crippen molar-refractivity contribution < 1.29 is 4.74 Å². The molecule has 2 rings (SSSR count). The van der Waals surface area contributed by atoms with Gasteiger partial charge in [-0.3, -0.25) is 9.36 Å². The van der Waals surface area contributed by atoms with Crippen LogP contribution >= 0.6 is 22.6 Å². The molecule has 0 amide bonds. The summed E-state index contributed by atoms with van der Waals surface area (Å²) in [6.07, 6.45) is 4.07. The summed E-state index contributed by atoms with van der Waals surface area (Å²) in [5, 5.41) is 0. The molecule has 0 bridgehead atoms. The van der Waals surface area contributed by atoms with Gasteiger partial charge >= 0.3 is 0 Å². The summed E-state index contributed by atoms with van der Waals surface area (Å²) >= 11 is 2.02. The van der Waals surface area contributed by atoms with E-state index in [0.29, 0.717) is 10.3 Å². The summed E-state index contributed by atoms with van der Waals surface area (Å²) in [7, 11) is 0. The smallest absolute Gasteiger partial charge is 0.268 e. The van der Waals surface area contributed by atoms with Crippen LogP contribution in [0.2, 0.25) is 0 Å².